The number of carbonyl (C=O) groups excluding carboxylic acids is 6. The number of carbonyl (C=O) groups is 7. The molecule has 4 aromatic rings. The van der Waals surface area contributed by atoms with Crippen molar-refractivity contribution in [3.05, 3.63) is 93.3 Å². The van der Waals surface area contributed by atoms with Crippen molar-refractivity contribution < 1.29 is 70.8 Å². The first-order chi connectivity index (χ1) is 35.8. The number of amides is 5. The van der Waals surface area contributed by atoms with Crippen LogP contribution < -0.4 is 25.4 Å². The quantitative estimate of drug-likeness (QED) is 0.0299. The molecule has 402 valence electrons. The molecular formula is C52H60ClN5O15S2. The predicted molar refractivity (Wildman–Crippen MR) is 278 cm³/mol. The third-order valence-corrected chi connectivity index (χ3v) is 15.6. The van der Waals surface area contributed by atoms with Gasteiger partial charge in [0.05, 0.1) is 41.6 Å². The van der Waals surface area contributed by atoms with E-state index in [0.29, 0.717) is 73.9 Å². The van der Waals surface area contributed by atoms with Gasteiger partial charge in [-0.1, -0.05) is 48.4 Å². The zero-order valence-electron chi connectivity index (χ0n) is 41.8. The maximum absolute atomic E-state index is 13.6. The number of halogens is 1. The van der Waals surface area contributed by atoms with Crippen LogP contribution in [0.25, 0.3) is 10.4 Å². The van der Waals surface area contributed by atoms with Crippen LogP contribution in [0.4, 0.5) is 11.4 Å². The van der Waals surface area contributed by atoms with E-state index in [2.05, 4.69) is 16.0 Å². The highest BCUT2D eigenvalue weighted by Gasteiger charge is 2.46. The lowest BCUT2D eigenvalue weighted by molar-refractivity contribution is -0.139. The van der Waals surface area contributed by atoms with Gasteiger partial charge in [-0.15, -0.1) is 11.3 Å². The summed E-state index contributed by atoms with van der Waals surface area (Å²) in [5.74, 6) is -4.60. The second-order valence-corrected chi connectivity index (χ2v) is 22.4. The molecule has 20 nitrogen and oxygen atoms in total. The van der Waals surface area contributed by atoms with Crippen molar-refractivity contribution in [3.63, 3.8) is 0 Å². The summed E-state index contributed by atoms with van der Waals surface area (Å²) in [4.78, 5) is 88.8. The van der Waals surface area contributed by atoms with E-state index >= 15 is 0 Å². The van der Waals surface area contributed by atoms with E-state index in [0.717, 1.165) is 34.8 Å². The number of ether oxygens (including phenoxy) is 5. The number of rotatable bonds is 25. The van der Waals surface area contributed by atoms with E-state index in [4.69, 9.17) is 35.3 Å². The standard InChI is InChI=1S/C52H60ClN5O15S2/c1-52(2,3)73-51(66)47-45(72-30-42(61)62)44(53)46(74-47)33-11-8-13-36(29-33)54-34-19-21-57(22-20-34)75(67,68)31-32-10-7-12-35(28-32)55-40(59)16-5-4-6-23-69-24-25-70-26-27-71-39-15-9-14-37-43(39)50(65)58(49(37)64)38-17-18-41(60)56-48(38)63/h7-15,28-29,34,38,54H,4-6,16-27,30-31H2,1-3H3,(H,55,59)(H,61,62)(H,56,60,63). The molecule has 0 aliphatic carbocycles. The Morgan fingerprint density at radius 1 is 0.840 bits per heavy atom. The zero-order chi connectivity index (χ0) is 53.9. The van der Waals surface area contributed by atoms with Crippen LogP contribution in [-0.4, -0.2) is 135 Å². The molecule has 23 heteroatoms. The van der Waals surface area contributed by atoms with E-state index in [1.54, 1.807) is 57.2 Å². The molecule has 3 aliphatic rings. The minimum absolute atomic E-state index is 0.0245. The van der Waals surface area contributed by atoms with Crippen molar-refractivity contribution >= 4 is 85.8 Å². The van der Waals surface area contributed by atoms with Crippen LogP contribution in [0.5, 0.6) is 11.5 Å². The highest BCUT2D eigenvalue weighted by atomic mass is 35.5. The number of nitrogens with one attached hydrogen (secondary N) is 3. The Kier molecular flexibility index (Phi) is 19.1. The Balaban J connectivity index is 0.766. The number of hydrogen-bond acceptors (Lipinski definition) is 16. The molecule has 0 radical (unpaired) electrons. The number of esters is 1. The van der Waals surface area contributed by atoms with Gasteiger partial charge >= 0.3 is 11.9 Å². The van der Waals surface area contributed by atoms with Gasteiger partial charge in [-0.2, -0.15) is 0 Å². The van der Waals surface area contributed by atoms with Crippen molar-refractivity contribution in [2.24, 2.45) is 0 Å². The minimum Gasteiger partial charge on any atom is -0.490 e. The third kappa shape index (κ3) is 15.1. The lowest BCUT2D eigenvalue weighted by atomic mass is 10.0. The Bertz CT molecular complexity index is 2900. The van der Waals surface area contributed by atoms with Gasteiger partial charge < -0.3 is 39.4 Å². The summed E-state index contributed by atoms with van der Waals surface area (Å²) in [6.45, 7) is 6.43. The van der Waals surface area contributed by atoms with Gasteiger partial charge in [-0.3, -0.25) is 34.2 Å². The smallest absolute Gasteiger partial charge is 0.352 e. The monoisotopic (exact) mass is 1090 g/mol. The summed E-state index contributed by atoms with van der Waals surface area (Å²) in [7, 11) is -3.68. The van der Waals surface area contributed by atoms with E-state index in [1.807, 2.05) is 24.3 Å². The number of piperidine rings is 2. The number of benzene rings is 3. The molecule has 3 aromatic carbocycles. The molecule has 3 aliphatic heterocycles. The van der Waals surface area contributed by atoms with Crippen LogP contribution in [0, 0.1) is 0 Å². The fourth-order valence-electron chi connectivity index (χ4n) is 8.63. The summed E-state index contributed by atoms with van der Waals surface area (Å²) in [5, 5.41) is 17.8. The topological polar surface area (TPSA) is 263 Å². The van der Waals surface area contributed by atoms with Crippen LogP contribution >= 0.6 is 22.9 Å². The van der Waals surface area contributed by atoms with Crippen molar-refractivity contribution in [1.82, 2.24) is 14.5 Å². The Morgan fingerprint density at radius 2 is 1.55 bits per heavy atom. The van der Waals surface area contributed by atoms with Crippen LogP contribution in [0.2, 0.25) is 5.02 Å². The van der Waals surface area contributed by atoms with Gasteiger partial charge in [0.2, 0.25) is 27.7 Å². The van der Waals surface area contributed by atoms with Crippen molar-refractivity contribution in [3.8, 4) is 21.9 Å². The second-order valence-electron chi connectivity index (χ2n) is 19.0. The zero-order valence-corrected chi connectivity index (χ0v) is 44.2. The third-order valence-electron chi connectivity index (χ3n) is 12.1. The van der Waals surface area contributed by atoms with Crippen molar-refractivity contribution in [2.45, 2.75) is 95.6 Å². The van der Waals surface area contributed by atoms with Gasteiger partial charge in [0, 0.05) is 50.0 Å². The lowest BCUT2D eigenvalue weighted by Crippen LogP contribution is -2.54. The SMILES string of the molecule is CC(C)(C)OC(=O)c1sc(-c2cccc(NC3CCN(S(=O)(=O)Cc4cccc(NC(=O)CCCCCOCCOCCOc5cccc6c5C(=O)N(C5CCC(=O)NC5=O)C6=O)c4)CC3)c2)c(Cl)c1OCC(=O)O. The van der Waals surface area contributed by atoms with Crippen molar-refractivity contribution in [2.75, 3.05) is 63.4 Å². The van der Waals surface area contributed by atoms with E-state index in [9.17, 15) is 47.1 Å². The summed E-state index contributed by atoms with van der Waals surface area (Å²) >= 11 is 7.74. The molecule has 0 spiro atoms. The minimum atomic E-state index is -3.68. The largest absolute Gasteiger partial charge is 0.490 e. The first-order valence-electron chi connectivity index (χ1n) is 24.5. The number of carboxylic acids is 1. The fraction of sp³-hybridized carbons (Fsp3) is 0.442. The number of imide groups is 2. The van der Waals surface area contributed by atoms with Crippen molar-refractivity contribution in [1.29, 1.82) is 0 Å². The number of hydrogen-bond donors (Lipinski definition) is 4. The molecule has 2 saturated heterocycles. The van der Waals surface area contributed by atoms with E-state index in [-0.39, 0.29) is 82.7 Å². The molecule has 2 fully saturated rings. The molecule has 0 saturated carbocycles. The normalized spacial score (nSPS) is 16.4. The van der Waals surface area contributed by atoms with Gasteiger partial charge in [-0.25, -0.2) is 22.3 Å². The Morgan fingerprint density at radius 3 is 2.28 bits per heavy atom. The molecule has 7 rings (SSSR count). The summed E-state index contributed by atoms with van der Waals surface area (Å²) in [6, 6.07) is 17.7. The first-order valence-corrected chi connectivity index (χ1v) is 27.3. The number of fused-ring (bicyclic) bond motifs is 1. The van der Waals surface area contributed by atoms with Crippen LogP contribution in [0.3, 0.4) is 0 Å². The number of unbranched alkanes of at least 4 members (excludes halogenated alkanes) is 2. The molecule has 1 aromatic heterocycles. The molecule has 75 heavy (non-hydrogen) atoms. The first kappa shape index (κ1) is 56.3. The van der Waals surface area contributed by atoms with E-state index in [1.165, 1.54) is 10.4 Å². The molecule has 0 bridgehead atoms. The molecule has 1 unspecified atom stereocenters. The van der Waals surface area contributed by atoms with Gasteiger partial charge in [-0.05, 0) is 100 Å². The highest BCUT2D eigenvalue weighted by molar-refractivity contribution is 7.88. The molecule has 4 N–H and O–H groups in total. The maximum atomic E-state index is 13.6. The van der Waals surface area contributed by atoms with Crippen LogP contribution in [0.1, 0.15) is 108 Å². The molecule has 4 heterocycles. The van der Waals surface area contributed by atoms with E-state index < -0.39 is 63.8 Å². The number of aliphatic carboxylic acids is 1. The fourth-order valence-corrected chi connectivity index (χ4v) is 11.6. The van der Waals surface area contributed by atoms with Crippen LogP contribution in [-0.2, 0) is 49.2 Å². The highest BCUT2D eigenvalue weighted by Crippen LogP contribution is 2.47. The molecule has 1 atom stereocenters. The average molecular weight is 1090 g/mol. The average Bonchev–Trinajstić information content (AvgIpc) is 3.82. The Labute approximate surface area is 443 Å². The summed E-state index contributed by atoms with van der Waals surface area (Å²) < 4.78 is 56.7. The van der Waals surface area contributed by atoms with Gasteiger partial charge in [0.1, 0.15) is 29.0 Å². The molecule has 5 amide bonds. The maximum Gasteiger partial charge on any atom is 0.352 e. The summed E-state index contributed by atoms with van der Waals surface area (Å²) in [6.07, 6.45) is 3.54. The number of thiophene rings is 1. The predicted octanol–water partition coefficient (Wildman–Crippen LogP) is 6.91. The second kappa shape index (κ2) is 25.4. The summed E-state index contributed by atoms with van der Waals surface area (Å²) in [5.41, 5.74) is 1.85. The number of sulfonamides is 1. The number of anilines is 2. The van der Waals surface area contributed by atoms with Gasteiger partial charge in [0.25, 0.3) is 11.8 Å². The number of nitrogens with zero attached hydrogens (tertiary/aromatic N) is 2. The van der Waals surface area contributed by atoms with Crippen LogP contribution in [0.15, 0.2) is 66.7 Å². The number of carboxylic acid groups (broad SMARTS) is 1. The van der Waals surface area contributed by atoms with Gasteiger partial charge in [0.15, 0.2) is 17.2 Å². The Hall–Kier alpha value is -6.43. The lowest BCUT2D eigenvalue weighted by Gasteiger charge is -2.32. The molecular weight excluding hydrogens is 1030 g/mol.